The lowest BCUT2D eigenvalue weighted by Crippen LogP contribution is -2.50. The number of nitrogens with one attached hydrogen (secondary N) is 1. The van der Waals surface area contributed by atoms with Crippen molar-refractivity contribution in [2.45, 2.75) is 19.0 Å². The molecule has 4 rings (SSSR count). The second-order valence-electron chi connectivity index (χ2n) is 7.55. The highest BCUT2D eigenvalue weighted by Gasteiger charge is 2.37. The summed E-state index contributed by atoms with van der Waals surface area (Å²) in [6.07, 6.45) is 1.46. The Morgan fingerprint density at radius 2 is 1.83 bits per heavy atom. The second-order valence-corrected chi connectivity index (χ2v) is 9.92. The Bertz CT molecular complexity index is 1050. The molecule has 1 amide bonds. The van der Waals surface area contributed by atoms with E-state index >= 15 is 0 Å². The third-order valence-electron chi connectivity index (χ3n) is 5.50. The molecule has 0 saturated carbocycles. The number of carbonyl (C=O) groups excluding carboxylic acids is 1. The van der Waals surface area contributed by atoms with Crippen molar-refractivity contribution in [3.8, 4) is 0 Å². The van der Waals surface area contributed by atoms with E-state index in [0.717, 1.165) is 23.1 Å². The third kappa shape index (κ3) is 4.46. The number of benzene rings is 2. The van der Waals surface area contributed by atoms with E-state index in [1.54, 1.807) is 12.1 Å². The molecule has 0 aromatic heterocycles. The van der Waals surface area contributed by atoms with Crippen LogP contribution < -0.4 is 10.2 Å². The summed E-state index contributed by atoms with van der Waals surface area (Å²) in [4.78, 5) is 15.4. The molecule has 0 radical (unpaired) electrons. The molecule has 1 atom stereocenters. The van der Waals surface area contributed by atoms with Gasteiger partial charge in [-0.25, -0.2) is 8.42 Å². The van der Waals surface area contributed by atoms with Gasteiger partial charge in [-0.2, -0.15) is 4.31 Å². The molecule has 1 saturated heterocycles. The van der Waals surface area contributed by atoms with Gasteiger partial charge in [-0.1, -0.05) is 35.9 Å². The Balaban J connectivity index is 1.63. The summed E-state index contributed by atoms with van der Waals surface area (Å²) in [5, 5.41) is 3.44. The van der Waals surface area contributed by atoms with E-state index < -0.39 is 16.1 Å². The van der Waals surface area contributed by atoms with Crippen molar-refractivity contribution >= 4 is 38.9 Å². The minimum Gasteiger partial charge on any atom is -0.378 e. The average molecular weight is 450 g/mol. The minimum atomic E-state index is -3.57. The highest BCUT2D eigenvalue weighted by Crippen LogP contribution is 2.32. The molecule has 2 aliphatic rings. The summed E-state index contributed by atoms with van der Waals surface area (Å²) in [6, 6.07) is 12.1. The summed E-state index contributed by atoms with van der Waals surface area (Å²) in [6.45, 7) is 2.81. The van der Waals surface area contributed by atoms with E-state index in [2.05, 4.69) is 10.2 Å². The summed E-state index contributed by atoms with van der Waals surface area (Å²) in [7, 11) is -3.57. The van der Waals surface area contributed by atoms with Crippen LogP contribution in [0.25, 0.3) is 0 Å². The molecule has 30 heavy (non-hydrogen) atoms. The number of ether oxygens (including phenoxy) is 1. The van der Waals surface area contributed by atoms with Crippen molar-refractivity contribution < 1.29 is 17.9 Å². The monoisotopic (exact) mass is 449 g/mol. The minimum absolute atomic E-state index is 0.180. The lowest BCUT2D eigenvalue weighted by atomic mass is 9.95. The van der Waals surface area contributed by atoms with Crippen LogP contribution in [0.1, 0.15) is 11.1 Å². The van der Waals surface area contributed by atoms with Gasteiger partial charge < -0.3 is 15.0 Å². The van der Waals surface area contributed by atoms with Crippen LogP contribution >= 0.6 is 11.6 Å². The topological polar surface area (TPSA) is 79.0 Å². The maximum absolute atomic E-state index is 13.3. The number of hydrogen-bond donors (Lipinski definition) is 1. The number of hydrogen-bond acceptors (Lipinski definition) is 5. The number of morpholine rings is 1. The summed E-state index contributed by atoms with van der Waals surface area (Å²) < 4.78 is 31.6. The lowest BCUT2D eigenvalue weighted by molar-refractivity contribution is -0.120. The normalized spacial score (nSPS) is 19.9. The summed E-state index contributed by atoms with van der Waals surface area (Å²) >= 11 is 6.19. The number of nitrogens with zero attached hydrogens (tertiary/aromatic N) is 2. The molecule has 160 valence electrons. The number of halogens is 1. The fraction of sp³-hybridized carbons (Fsp3) is 0.381. The van der Waals surface area contributed by atoms with Crippen molar-refractivity contribution in [3.63, 3.8) is 0 Å². The van der Waals surface area contributed by atoms with Gasteiger partial charge in [0.2, 0.25) is 15.9 Å². The molecule has 9 heteroatoms. The van der Waals surface area contributed by atoms with Crippen LogP contribution in [-0.4, -0.2) is 57.2 Å². The number of sulfonamides is 1. The summed E-state index contributed by atoms with van der Waals surface area (Å²) in [5.74, 6) is -0.369. The fourth-order valence-electron chi connectivity index (χ4n) is 3.98. The molecule has 0 bridgehead atoms. The Kier molecular flexibility index (Phi) is 6.02. The lowest BCUT2D eigenvalue weighted by Gasteiger charge is -2.35. The standard InChI is InChI=1S/C21H24ClN3O4S/c1-30(27,28)25-14-16-5-3-2-4-15(16)12-20(25)21(26)23-18-13-17(22)6-7-19(18)24-8-10-29-11-9-24/h2-7,13,20H,8-12,14H2,1H3,(H,23,26)/t20-/m0/s1. The molecule has 0 spiro atoms. The van der Waals surface area contributed by atoms with Gasteiger partial charge in [0.15, 0.2) is 0 Å². The van der Waals surface area contributed by atoms with Gasteiger partial charge in [-0.3, -0.25) is 4.79 Å². The predicted octanol–water partition coefficient (Wildman–Crippen LogP) is 2.50. The zero-order valence-electron chi connectivity index (χ0n) is 16.7. The van der Waals surface area contributed by atoms with E-state index in [1.807, 2.05) is 30.3 Å². The van der Waals surface area contributed by atoms with Crippen molar-refractivity contribution in [1.82, 2.24) is 4.31 Å². The van der Waals surface area contributed by atoms with Crippen molar-refractivity contribution in [2.24, 2.45) is 0 Å². The van der Waals surface area contributed by atoms with Crippen LogP contribution in [0, 0.1) is 0 Å². The van der Waals surface area contributed by atoms with Gasteiger partial charge >= 0.3 is 0 Å². The molecule has 0 aliphatic carbocycles. The van der Waals surface area contributed by atoms with Crippen molar-refractivity contribution in [3.05, 3.63) is 58.6 Å². The first-order valence-electron chi connectivity index (χ1n) is 9.79. The van der Waals surface area contributed by atoms with Gasteiger partial charge in [0.25, 0.3) is 0 Å². The van der Waals surface area contributed by atoms with Crippen LogP contribution in [0.15, 0.2) is 42.5 Å². The molecular formula is C21H24ClN3O4S. The van der Waals surface area contributed by atoms with Gasteiger partial charge in [-0.05, 0) is 35.7 Å². The largest absolute Gasteiger partial charge is 0.378 e. The molecule has 0 unspecified atom stereocenters. The fourth-order valence-corrected chi connectivity index (χ4v) is 5.15. The summed E-state index contributed by atoms with van der Waals surface area (Å²) in [5.41, 5.74) is 3.32. The number of fused-ring (bicyclic) bond motifs is 1. The van der Waals surface area contributed by atoms with Gasteiger partial charge in [0, 0.05) is 24.7 Å². The molecule has 2 aromatic carbocycles. The van der Waals surface area contributed by atoms with Gasteiger partial charge in [-0.15, -0.1) is 0 Å². The zero-order chi connectivity index (χ0) is 21.3. The Hall–Kier alpha value is -2.13. The van der Waals surface area contributed by atoms with Crippen molar-refractivity contribution in [2.75, 3.05) is 42.8 Å². The van der Waals surface area contributed by atoms with Gasteiger partial charge in [0.05, 0.1) is 30.8 Å². The highest BCUT2D eigenvalue weighted by molar-refractivity contribution is 7.88. The predicted molar refractivity (Wildman–Crippen MR) is 117 cm³/mol. The van der Waals surface area contributed by atoms with E-state index in [-0.39, 0.29) is 12.5 Å². The molecule has 2 heterocycles. The molecule has 1 N–H and O–H groups in total. The zero-order valence-corrected chi connectivity index (χ0v) is 18.2. The third-order valence-corrected chi connectivity index (χ3v) is 6.97. The Morgan fingerprint density at radius 1 is 1.13 bits per heavy atom. The Labute approximate surface area is 181 Å². The van der Waals surface area contributed by atoms with Crippen LogP contribution in [0.2, 0.25) is 5.02 Å². The molecule has 2 aromatic rings. The first-order chi connectivity index (χ1) is 14.3. The Morgan fingerprint density at radius 3 is 2.53 bits per heavy atom. The quantitative estimate of drug-likeness (QED) is 0.775. The van der Waals surface area contributed by atoms with E-state index in [4.69, 9.17) is 16.3 Å². The number of carbonyl (C=O) groups is 1. The van der Waals surface area contributed by atoms with E-state index in [9.17, 15) is 13.2 Å². The first kappa shape index (κ1) is 21.1. The average Bonchev–Trinajstić information content (AvgIpc) is 2.73. The van der Waals surface area contributed by atoms with Crippen LogP contribution in [-0.2, 0) is 32.5 Å². The SMILES string of the molecule is CS(=O)(=O)N1Cc2ccccc2C[C@H]1C(=O)Nc1cc(Cl)ccc1N1CCOCC1. The van der Waals surface area contributed by atoms with Crippen LogP contribution in [0.3, 0.4) is 0 Å². The smallest absolute Gasteiger partial charge is 0.243 e. The number of anilines is 2. The van der Waals surface area contributed by atoms with E-state index in [1.165, 1.54) is 4.31 Å². The molecule has 2 aliphatic heterocycles. The second kappa shape index (κ2) is 8.55. The molecule has 1 fully saturated rings. The maximum atomic E-state index is 13.3. The molecule has 7 nitrogen and oxygen atoms in total. The molecular weight excluding hydrogens is 426 g/mol. The number of amides is 1. The highest BCUT2D eigenvalue weighted by atomic mass is 35.5. The van der Waals surface area contributed by atoms with E-state index in [0.29, 0.717) is 43.4 Å². The first-order valence-corrected chi connectivity index (χ1v) is 12.0. The van der Waals surface area contributed by atoms with Crippen molar-refractivity contribution in [1.29, 1.82) is 0 Å². The van der Waals surface area contributed by atoms with Crippen LogP contribution in [0.5, 0.6) is 0 Å². The van der Waals surface area contributed by atoms with Crippen LogP contribution in [0.4, 0.5) is 11.4 Å². The van der Waals surface area contributed by atoms with Gasteiger partial charge in [0.1, 0.15) is 6.04 Å². The maximum Gasteiger partial charge on any atom is 0.243 e. The number of rotatable bonds is 4.